The maximum Gasteiger partial charge on any atom is 0.339 e. The van der Waals surface area contributed by atoms with E-state index in [1.165, 1.54) is 26.2 Å². The average molecular weight is 417 g/mol. The Morgan fingerprint density at radius 2 is 1.93 bits per heavy atom. The van der Waals surface area contributed by atoms with Gasteiger partial charge in [0.15, 0.2) is 17.6 Å². The normalized spacial score (nSPS) is 11.1. The number of esters is 1. The largest absolute Gasteiger partial charge is 0.493 e. The van der Waals surface area contributed by atoms with Gasteiger partial charge in [0.1, 0.15) is 0 Å². The molecule has 7 nitrogen and oxygen atoms in total. The molecule has 0 fully saturated rings. The first-order valence-electron chi connectivity index (χ1n) is 8.92. The first-order valence-corrected chi connectivity index (χ1v) is 9.29. The first kappa shape index (κ1) is 22.1. The van der Waals surface area contributed by atoms with E-state index < -0.39 is 18.0 Å². The van der Waals surface area contributed by atoms with Crippen LogP contribution in [0.5, 0.6) is 11.5 Å². The second-order valence-corrected chi connectivity index (χ2v) is 6.47. The summed E-state index contributed by atoms with van der Waals surface area (Å²) in [4.78, 5) is 24.7. The zero-order valence-corrected chi connectivity index (χ0v) is 17.1. The van der Waals surface area contributed by atoms with Gasteiger partial charge in [-0.05, 0) is 49.7 Å². The number of anilines is 1. The molecule has 0 radical (unpaired) electrons. The molecule has 1 N–H and O–H groups in total. The molecule has 0 saturated carbocycles. The van der Waals surface area contributed by atoms with Crippen molar-refractivity contribution in [3.63, 3.8) is 0 Å². The van der Waals surface area contributed by atoms with Crippen LogP contribution in [-0.2, 0) is 9.53 Å². The first-order chi connectivity index (χ1) is 13.9. The van der Waals surface area contributed by atoms with E-state index in [1.807, 2.05) is 13.0 Å². The molecule has 2 aromatic rings. The average Bonchev–Trinajstić information content (AvgIpc) is 2.72. The van der Waals surface area contributed by atoms with Crippen LogP contribution in [0.3, 0.4) is 0 Å². The third kappa shape index (κ3) is 5.87. The molecular weight excluding hydrogens is 396 g/mol. The number of nitrogens with zero attached hydrogens (tertiary/aromatic N) is 1. The van der Waals surface area contributed by atoms with Crippen molar-refractivity contribution in [1.29, 1.82) is 5.26 Å². The molecule has 1 amide bonds. The van der Waals surface area contributed by atoms with Crippen molar-refractivity contribution >= 4 is 29.2 Å². The minimum absolute atomic E-state index is 0.133. The highest BCUT2D eigenvalue weighted by Crippen LogP contribution is 2.36. The van der Waals surface area contributed by atoms with Gasteiger partial charge >= 0.3 is 5.97 Å². The van der Waals surface area contributed by atoms with Gasteiger partial charge in [0.05, 0.1) is 35.9 Å². The van der Waals surface area contributed by atoms with Crippen LogP contribution in [0.2, 0.25) is 5.02 Å². The standard InChI is InChI=1S/C21H21ClN2O5/c1-4-9-28-19-17(22)10-15(11-18(19)27-3)21(26)29-13(2)20(25)24-16-7-5-14(12-23)6-8-16/h5-8,10-11,13H,4,9H2,1-3H3,(H,24,25)/t13-/m1/s1. The number of methoxy groups -OCH3 is 1. The summed E-state index contributed by atoms with van der Waals surface area (Å²) in [6, 6.07) is 11.2. The quantitative estimate of drug-likeness (QED) is 0.648. The molecule has 0 aliphatic carbocycles. The number of nitrogens with one attached hydrogen (secondary N) is 1. The van der Waals surface area contributed by atoms with Crippen LogP contribution in [0.25, 0.3) is 0 Å². The van der Waals surface area contributed by atoms with Crippen LogP contribution in [0.1, 0.15) is 36.2 Å². The fraction of sp³-hybridized carbons (Fsp3) is 0.286. The molecule has 0 saturated heterocycles. The van der Waals surface area contributed by atoms with Crippen LogP contribution >= 0.6 is 11.6 Å². The van der Waals surface area contributed by atoms with E-state index in [1.54, 1.807) is 24.3 Å². The summed E-state index contributed by atoms with van der Waals surface area (Å²) in [5.74, 6) is -0.592. The SMILES string of the molecule is CCCOc1c(Cl)cc(C(=O)O[C@H](C)C(=O)Nc2ccc(C#N)cc2)cc1OC. The fourth-order valence-electron chi connectivity index (χ4n) is 2.34. The topological polar surface area (TPSA) is 97.6 Å². The highest BCUT2D eigenvalue weighted by molar-refractivity contribution is 6.32. The molecule has 0 spiro atoms. The van der Waals surface area contributed by atoms with E-state index in [4.69, 9.17) is 31.1 Å². The number of hydrogen-bond acceptors (Lipinski definition) is 6. The highest BCUT2D eigenvalue weighted by atomic mass is 35.5. The number of hydrogen-bond donors (Lipinski definition) is 1. The number of rotatable bonds is 8. The van der Waals surface area contributed by atoms with Crippen LogP contribution in [0.15, 0.2) is 36.4 Å². The van der Waals surface area contributed by atoms with Gasteiger partial charge in [-0.25, -0.2) is 4.79 Å². The summed E-state index contributed by atoms with van der Waals surface area (Å²) in [6.45, 7) is 3.86. The molecule has 1 atom stereocenters. The molecule has 0 bridgehead atoms. The third-order valence-electron chi connectivity index (χ3n) is 3.85. The Morgan fingerprint density at radius 1 is 1.24 bits per heavy atom. The minimum atomic E-state index is -1.06. The molecule has 0 heterocycles. The van der Waals surface area contributed by atoms with Crippen molar-refractivity contribution in [2.45, 2.75) is 26.4 Å². The molecule has 0 aliphatic rings. The third-order valence-corrected chi connectivity index (χ3v) is 4.13. The number of nitriles is 1. The molecule has 2 rings (SSSR count). The van der Waals surface area contributed by atoms with Crippen molar-refractivity contribution in [2.75, 3.05) is 19.0 Å². The van der Waals surface area contributed by atoms with Crippen LogP contribution in [-0.4, -0.2) is 31.7 Å². The Hall–Kier alpha value is -3.24. The molecule has 0 aromatic heterocycles. The number of carbonyl (C=O) groups is 2. The molecule has 29 heavy (non-hydrogen) atoms. The lowest BCUT2D eigenvalue weighted by molar-refractivity contribution is -0.123. The van der Waals surface area contributed by atoms with Crippen LogP contribution in [0, 0.1) is 11.3 Å². The number of halogens is 1. The number of benzene rings is 2. The predicted molar refractivity (Wildman–Crippen MR) is 108 cm³/mol. The Balaban J connectivity index is 2.07. The Kier molecular flexibility index (Phi) is 7.87. The minimum Gasteiger partial charge on any atom is -0.493 e. The second kappa shape index (κ2) is 10.3. The molecule has 2 aromatic carbocycles. The van der Waals surface area contributed by atoms with E-state index in [-0.39, 0.29) is 10.6 Å². The Labute approximate surface area is 174 Å². The Morgan fingerprint density at radius 3 is 2.52 bits per heavy atom. The monoisotopic (exact) mass is 416 g/mol. The number of amides is 1. The van der Waals surface area contributed by atoms with Crippen molar-refractivity contribution in [3.8, 4) is 17.6 Å². The van der Waals surface area contributed by atoms with Crippen molar-refractivity contribution in [2.24, 2.45) is 0 Å². The lowest BCUT2D eigenvalue weighted by Crippen LogP contribution is -2.30. The molecule has 0 unspecified atom stereocenters. The predicted octanol–water partition coefficient (Wildman–Crippen LogP) is 4.19. The second-order valence-electron chi connectivity index (χ2n) is 6.06. The van der Waals surface area contributed by atoms with Gasteiger partial charge in [0.25, 0.3) is 5.91 Å². The Bertz CT molecular complexity index is 922. The van der Waals surface area contributed by atoms with Gasteiger partial charge < -0.3 is 19.5 Å². The zero-order chi connectivity index (χ0) is 21.4. The molecule has 0 aliphatic heterocycles. The lowest BCUT2D eigenvalue weighted by Gasteiger charge is -2.16. The van der Waals surface area contributed by atoms with Gasteiger partial charge in [-0.2, -0.15) is 5.26 Å². The summed E-state index contributed by atoms with van der Waals surface area (Å²) in [7, 11) is 1.44. The van der Waals surface area contributed by atoms with E-state index in [0.29, 0.717) is 29.4 Å². The maximum absolute atomic E-state index is 12.4. The van der Waals surface area contributed by atoms with Crippen molar-refractivity contribution < 1.29 is 23.8 Å². The number of carbonyl (C=O) groups excluding carboxylic acids is 2. The summed E-state index contributed by atoms with van der Waals surface area (Å²) in [5, 5.41) is 11.6. The summed E-state index contributed by atoms with van der Waals surface area (Å²) < 4.78 is 16.0. The summed E-state index contributed by atoms with van der Waals surface area (Å²) in [5.41, 5.74) is 1.09. The summed E-state index contributed by atoms with van der Waals surface area (Å²) in [6.07, 6.45) is -0.270. The highest BCUT2D eigenvalue weighted by Gasteiger charge is 2.22. The zero-order valence-electron chi connectivity index (χ0n) is 16.3. The van der Waals surface area contributed by atoms with E-state index in [2.05, 4.69) is 5.32 Å². The van der Waals surface area contributed by atoms with E-state index >= 15 is 0 Å². The van der Waals surface area contributed by atoms with Crippen molar-refractivity contribution in [1.82, 2.24) is 0 Å². The maximum atomic E-state index is 12.4. The van der Waals surface area contributed by atoms with Gasteiger partial charge in [0, 0.05) is 5.69 Å². The van der Waals surface area contributed by atoms with Gasteiger partial charge in [-0.1, -0.05) is 18.5 Å². The molecule has 152 valence electrons. The van der Waals surface area contributed by atoms with Crippen LogP contribution in [0.4, 0.5) is 5.69 Å². The van der Waals surface area contributed by atoms with Gasteiger partial charge in [0.2, 0.25) is 0 Å². The van der Waals surface area contributed by atoms with Crippen LogP contribution < -0.4 is 14.8 Å². The summed E-state index contributed by atoms with van der Waals surface area (Å²) >= 11 is 6.21. The lowest BCUT2D eigenvalue weighted by atomic mass is 10.2. The molecular formula is C21H21ClN2O5. The van der Waals surface area contributed by atoms with Gasteiger partial charge in [-0.3, -0.25) is 4.79 Å². The van der Waals surface area contributed by atoms with E-state index in [0.717, 1.165) is 6.42 Å². The smallest absolute Gasteiger partial charge is 0.339 e. The molecule has 8 heteroatoms. The fourth-order valence-corrected chi connectivity index (χ4v) is 2.60. The van der Waals surface area contributed by atoms with Crippen molar-refractivity contribution in [3.05, 3.63) is 52.5 Å². The number of ether oxygens (including phenoxy) is 3. The van der Waals surface area contributed by atoms with Gasteiger partial charge in [-0.15, -0.1) is 0 Å². The van der Waals surface area contributed by atoms with E-state index in [9.17, 15) is 9.59 Å².